The number of rotatable bonds is 4. The Balaban J connectivity index is 1.31. The van der Waals surface area contributed by atoms with E-state index < -0.39 is 0 Å². The fourth-order valence-electron chi connectivity index (χ4n) is 3.88. The number of ether oxygens (including phenoxy) is 1. The SMILES string of the molecule is CC(=O)N1CCC(NC[C@H]2Cn3cc(-c4ccc(C)cc4)nc3CO2)CC1. The van der Waals surface area contributed by atoms with Gasteiger partial charge in [-0.3, -0.25) is 4.79 Å². The van der Waals surface area contributed by atoms with Crippen molar-refractivity contribution in [1.82, 2.24) is 19.8 Å². The number of benzene rings is 1. The summed E-state index contributed by atoms with van der Waals surface area (Å²) in [4.78, 5) is 18.1. The summed E-state index contributed by atoms with van der Waals surface area (Å²) in [5.41, 5.74) is 3.42. The number of fused-ring (bicyclic) bond motifs is 1. The Morgan fingerprint density at radius 2 is 2.00 bits per heavy atom. The first-order valence-electron chi connectivity index (χ1n) is 9.82. The third kappa shape index (κ3) is 4.22. The zero-order valence-electron chi connectivity index (χ0n) is 16.1. The number of nitrogens with one attached hydrogen (secondary N) is 1. The fraction of sp³-hybridized carbons (Fsp3) is 0.524. The van der Waals surface area contributed by atoms with E-state index in [1.54, 1.807) is 6.92 Å². The van der Waals surface area contributed by atoms with Gasteiger partial charge in [0.2, 0.25) is 5.91 Å². The monoisotopic (exact) mass is 368 g/mol. The van der Waals surface area contributed by atoms with E-state index in [0.717, 1.165) is 56.1 Å². The fourth-order valence-corrected chi connectivity index (χ4v) is 3.88. The predicted molar refractivity (Wildman–Crippen MR) is 104 cm³/mol. The van der Waals surface area contributed by atoms with Gasteiger partial charge in [-0.15, -0.1) is 0 Å². The highest BCUT2D eigenvalue weighted by Gasteiger charge is 2.24. The van der Waals surface area contributed by atoms with Gasteiger partial charge in [-0.05, 0) is 19.8 Å². The Morgan fingerprint density at radius 3 is 2.70 bits per heavy atom. The van der Waals surface area contributed by atoms with Crippen LogP contribution in [-0.2, 0) is 22.7 Å². The lowest BCUT2D eigenvalue weighted by Gasteiger charge is -2.33. The molecule has 144 valence electrons. The predicted octanol–water partition coefficient (Wildman–Crippen LogP) is 2.36. The standard InChI is InChI=1S/C21H28N4O2/c1-15-3-5-17(6-4-15)20-13-25-12-19(27-14-21(25)23-20)11-22-18-7-9-24(10-8-18)16(2)26/h3-6,13,18-19,22H,7-12,14H2,1-2H3/t19-/m0/s1. The number of aryl methyl sites for hydroxylation is 1. The van der Waals surface area contributed by atoms with Crippen LogP contribution in [0.1, 0.15) is 31.2 Å². The molecule has 2 aliphatic heterocycles. The molecule has 3 heterocycles. The minimum absolute atomic E-state index is 0.156. The molecule has 2 aliphatic rings. The molecule has 0 bridgehead atoms. The minimum Gasteiger partial charge on any atom is -0.367 e. The molecule has 0 aliphatic carbocycles. The van der Waals surface area contributed by atoms with E-state index in [0.29, 0.717) is 12.6 Å². The third-order valence-electron chi connectivity index (χ3n) is 5.63. The molecule has 1 atom stereocenters. The van der Waals surface area contributed by atoms with Gasteiger partial charge in [-0.1, -0.05) is 29.8 Å². The molecule has 1 aromatic heterocycles. The number of hydrogen-bond donors (Lipinski definition) is 1. The largest absolute Gasteiger partial charge is 0.367 e. The van der Waals surface area contributed by atoms with Crippen molar-refractivity contribution >= 4 is 5.91 Å². The van der Waals surface area contributed by atoms with Crippen LogP contribution in [0.2, 0.25) is 0 Å². The first-order chi connectivity index (χ1) is 13.1. The zero-order chi connectivity index (χ0) is 18.8. The van der Waals surface area contributed by atoms with E-state index in [4.69, 9.17) is 9.72 Å². The Kier molecular flexibility index (Phi) is 5.27. The molecule has 0 spiro atoms. The lowest BCUT2D eigenvalue weighted by atomic mass is 10.0. The van der Waals surface area contributed by atoms with Crippen molar-refractivity contribution in [2.75, 3.05) is 19.6 Å². The van der Waals surface area contributed by atoms with Crippen LogP contribution >= 0.6 is 0 Å². The van der Waals surface area contributed by atoms with E-state index >= 15 is 0 Å². The molecule has 27 heavy (non-hydrogen) atoms. The van der Waals surface area contributed by atoms with Gasteiger partial charge in [0.15, 0.2) is 0 Å². The number of nitrogens with zero attached hydrogens (tertiary/aromatic N) is 3. The average Bonchev–Trinajstić information content (AvgIpc) is 3.10. The van der Waals surface area contributed by atoms with Crippen LogP contribution in [0.4, 0.5) is 0 Å². The van der Waals surface area contributed by atoms with Gasteiger partial charge >= 0.3 is 0 Å². The highest BCUT2D eigenvalue weighted by atomic mass is 16.5. The Labute approximate surface area is 160 Å². The molecule has 6 nitrogen and oxygen atoms in total. The highest BCUT2D eigenvalue weighted by Crippen LogP contribution is 2.22. The van der Waals surface area contributed by atoms with Crippen LogP contribution in [0.25, 0.3) is 11.3 Å². The summed E-state index contributed by atoms with van der Waals surface area (Å²) in [5.74, 6) is 1.18. The molecule has 0 saturated carbocycles. The Hall–Kier alpha value is -2.18. The maximum Gasteiger partial charge on any atom is 0.219 e. The number of piperidine rings is 1. The molecule has 2 aromatic rings. The third-order valence-corrected chi connectivity index (χ3v) is 5.63. The molecule has 1 fully saturated rings. The van der Waals surface area contributed by atoms with Crippen LogP contribution in [0.5, 0.6) is 0 Å². The Bertz CT molecular complexity index is 791. The van der Waals surface area contributed by atoms with Crippen LogP contribution in [0.15, 0.2) is 30.5 Å². The molecule has 1 saturated heterocycles. The van der Waals surface area contributed by atoms with Crippen LogP contribution in [0.3, 0.4) is 0 Å². The second-order valence-electron chi connectivity index (χ2n) is 7.68. The van der Waals surface area contributed by atoms with Gasteiger partial charge in [-0.2, -0.15) is 0 Å². The maximum absolute atomic E-state index is 11.4. The van der Waals surface area contributed by atoms with E-state index in [9.17, 15) is 4.79 Å². The number of carbonyl (C=O) groups is 1. The first kappa shape index (κ1) is 18.2. The average molecular weight is 368 g/mol. The molecule has 1 N–H and O–H groups in total. The van der Waals surface area contributed by atoms with Gasteiger partial charge in [0.1, 0.15) is 12.4 Å². The highest BCUT2D eigenvalue weighted by molar-refractivity contribution is 5.73. The number of hydrogen-bond acceptors (Lipinski definition) is 4. The number of aromatic nitrogens is 2. The van der Waals surface area contributed by atoms with E-state index in [1.165, 1.54) is 5.56 Å². The molecular formula is C21H28N4O2. The number of imidazole rings is 1. The molecule has 1 amide bonds. The van der Waals surface area contributed by atoms with Crippen molar-refractivity contribution in [2.24, 2.45) is 0 Å². The van der Waals surface area contributed by atoms with Crippen molar-refractivity contribution in [1.29, 1.82) is 0 Å². The van der Waals surface area contributed by atoms with Crippen molar-refractivity contribution in [2.45, 2.75) is 52.0 Å². The molecule has 6 heteroatoms. The smallest absolute Gasteiger partial charge is 0.219 e. The first-order valence-corrected chi connectivity index (χ1v) is 9.82. The lowest BCUT2D eigenvalue weighted by Crippen LogP contribution is -2.47. The molecule has 4 rings (SSSR count). The van der Waals surface area contributed by atoms with Crippen LogP contribution < -0.4 is 5.32 Å². The lowest BCUT2D eigenvalue weighted by molar-refractivity contribution is -0.129. The quantitative estimate of drug-likeness (QED) is 0.900. The van der Waals surface area contributed by atoms with Gasteiger partial charge in [0.25, 0.3) is 0 Å². The van der Waals surface area contributed by atoms with E-state index in [1.807, 2.05) is 4.90 Å². The zero-order valence-corrected chi connectivity index (χ0v) is 16.1. The second-order valence-corrected chi connectivity index (χ2v) is 7.68. The minimum atomic E-state index is 0.156. The summed E-state index contributed by atoms with van der Waals surface area (Å²) in [7, 11) is 0. The Morgan fingerprint density at radius 1 is 1.26 bits per heavy atom. The maximum atomic E-state index is 11.4. The van der Waals surface area contributed by atoms with Gasteiger partial charge in [-0.25, -0.2) is 4.98 Å². The van der Waals surface area contributed by atoms with Gasteiger partial charge in [0, 0.05) is 44.4 Å². The summed E-state index contributed by atoms with van der Waals surface area (Å²) in [6.45, 7) is 7.67. The summed E-state index contributed by atoms with van der Waals surface area (Å²) in [6.07, 6.45) is 4.32. The van der Waals surface area contributed by atoms with Gasteiger partial charge in [0.05, 0.1) is 18.3 Å². The van der Waals surface area contributed by atoms with E-state index in [2.05, 4.69) is 47.3 Å². The molecule has 0 unspecified atom stereocenters. The second kappa shape index (κ2) is 7.82. The van der Waals surface area contributed by atoms with Crippen molar-refractivity contribution in [3.05, 3.63) is 41.9 Å². The van der Waals surface area contributed by atoms with Crippen molar-refractivity contribution in [3.63, 3.8) is 0 Å². The molecule has 0 radical (unpaired) electrons. The summed E-state index contributed by atoms with van der Waals surface area (Å²) < 4.78 is 8.24. The molecular weight excluding hydrogens is 340 g/mol. The summed E-state index contributed by atoms with van der Waals surface area (Å²) >= 11 is 0. The van der Waals surface area contributed by atoms with Crippen LogP contribution in [0, 0.1) is 6.92 Å². The number of amides is 1. The summed E-state index contributed by atoms with van der Waals surface area (Å²) in [5, 5.41) is 3.63. The van der Waals surface area contributed by atoms with Gasteiger partial charge < -0.3 is 19.5 Å². The topological polar surface area (TPSA) is 59.4 Å². The van der Waals surface area contributed by atoms with Crippen LogP contribution in [-0.4, -0.2) is 52.1 Å². The normalized spacial score (nSPS) is 20.5. The molecule has 1 aromatic carbocycles. The number of carbonyl (C=O) groups excluding carboxylic acids is 1. The van der Waals surface area contributed by atoms with Crippen molar-refractivity contribution in [3.8, 4) is 11.3 Å². The van der Waals surface area contributed by atoms with E-state index in [-0.39, 0.29) is 12.0 Å². The van der Waals surface area contributed by atoms with Crippen molar-refractivity contribution < 1.29 is 9.53 Å². The number of likely N-dealkylation sites (tertiary alicyclic amines) is 1. The summed E-state index contributed by atoms with van der Waals surface area (Å²) in [6, 6.07) is 8.95.